The number of amides is 5. The summed E-state index contributed by atoms with van der Waals surface area (Å²) in [5, 5.41) is 11.9. The van der Waals surface area contributed by atoms with Crippen LogP contribution in [0.3, 0.4) is 0 Å². The second kappa shape index (κ2) is 18.5. The van der Waals surface area contributed by atoms with Crippen molar-refractivity contribution in [2.45, 2.75) is 32.3 Å². The number of carbonyl (C=O) groups excluding carboxylic acids is 3. The first-order valence-corrected chi connectivity index (χ1v) is 22.3. The van der Waals surface area contributed by atoms with Gasteiger partial charge in [0.05, 0.1) is 28.4 Å². The van der Waals surface area contributed by atoms with Gasteiger partial charge in [-0.3, -0.25) is 30.0 Å². The van der Waals surface area contributed by atoms with E-state index in [9.17, 15) is 14.4 Å². The first-order valence-electron chi connectivity index (χ1n) is 21.6. The van der Waals surface area contributed by atoms with Crippen LogP contribution in [0.4, 0.5) is 26.8 Å². The topological polar surface area (TPSA) is 156 Å². The summed E-state index contributed by atoms with van der Waals surface area (Å²) in [4.78, 5) is 59.2. The van der Waals surface area contributed by atoms with Gasteiger partial charge in [0.1, 0.15) is 29.1 Å². The van der Waals surface area contributed by atoms with Crippen LogP contribution in [0.1, 0.15) is 37.9 Å². The van der Waals surface area contributed by atoms with Crippen molar-refractivity contribution >= 4 is 69.3 Å². The van der Waals surface area contributed by atoms with E-state index in [1.54, 1.807) is 24.4 Å². The van der Waals surface area contributed by atoms with E-state index in [0.717, 1.165) is 92.3 Å². The predicted octanol–water partition coefficient (Wildman–Crippen LogP) is 6.70. The van der Waals surface area contributed by atoms with Gasteiger partial charge in [0.25, 0.3) is 0 Å². The first-order chi connectivity index (χ1) is 30.6. The number of nitrogens with one attached hydrogen (secondary N) is 2. The number of urea groups is 2. The zero-order valence-corrected chi connectivity index (χ0v) is 36.9. The molecule has 0 saturated carbocycles. The van der Waals surface area contributed by atoms with E-state index in [2.05, 4.69) is 35.2 Å². The van der Waals surface area contributed by atoms with Gasteiger partial charge in [0, 0.05) is 132 Å². The van der Waals surface area contributed by atoms with Crippen LogP contribution in [0.5, 0.6) is 11.5 Å². The Balaban J connectivity index is 0.721. The molecule has 16 nitrogen and oxygen atoms in total. The summed E-state index contributed by atoms with van der Waals surface area (Å²) >= 11 is 12.8. The number of H-pyrrole nitrogens is 1. The van der Waals surface area contributed by atoms with E-state index in [0.29, 0.717) is 71.4 Å². The highest BCUT2D eigenvalue weighted by Crippen LogP contribution is 2.36. The Hall–Kier alpha value is -5.84. The Morgan fingerprint density at radius 3 is 2.27 bits per heavy atom. The molecule has 330 valence electrons. The number of likely N-dealkylation sites (tertiary alicyclic amines) is 1. The maximum Gasteiger partial charge on any atom is 0.328 e. The van der Waals surface area contributed by atoms with Crippen LogP contribution in [0.2, 0.25) is 10.0 Å². The summed E-state index contributed by atoms with van der Waals surface area (Å²) in [5.41, 5.74) is 4.93. The second-order valence-corrected chi connectivity index (χ2v) is 17.4. The zero-order valence-electron chi connectivity index (χ0n) is 35.4. The van der Waals surface area contributed by atoms with Crippen molar-refractivity contribution in [1.82, 2.24) is 40.2 Å². The average molecular weight is 897 g/mol. The SMILES string of the molecule is COc1cc(N2CCC(=O)NC2=O)ccc1N1CCN(CC2CCN(C(=O)N3CCN(c4ccc(-c5n[nH]c6ccc(O[C@H](C)c7c(Cl)cncc7Cl)cc56)cn4)CC3)CC2)CC1. The van der Waals surface area contributed by atoms with Crippen LogP contribution in [-0.2, 0) is 4.79 Å². The second-order valence-electron chi connectivity index (χ2n) is 16.5. The molecule has 4 saturated heterocycles. The molecule has 4 aliphatic rings. The third-order valence-corrected chi connectivity index (χ3v) is 13.3. The summed E-state index contributed by atoms with van der Waals surface area (Å²) in [6.07, 6.45) is 6.85. The number of aromatic nitrogens is 4. The van der Waals surface area contributed by atoms with Crippen LogP contribution in [0.25, 0.3) is 22.2 Å². The van der Waals surface area contributed by atoms with Crippen LogP contribution < -0.4 is 29.5 Å². The summed E-state index contributed by atoms with van der Waals surface area (Å²) < 4.78 is 12.0. The van der Waals surface area contributed by atoms with Gasteiger partial charge >= 0.3 is 12.1 Å². The normalized spacial score (nSPS) is 18.5. The molecule has 1 atom stereocenters. The molecule has 0 radical (unpaired) electrons. The van der Waals surface area contributed by atoms with Gasteiger partial charge < -0.3 is 29.1 Å². The maximum absolute atomic E-state index is 13.6. The number of imide groups is 1. The van der Waals surface area contributed by atoms with Gasteiger partial charge in [-0.1, -0.05) is 23.2 Å². The van der Waals surface area contributed by atoms with Gasteiger partial charge in [-0.25, -0.2) is 14.6 Å². The molecule has 0 unspecified atom stereocenters. The minimum atomic E-state index is -0.406. The zero-order chi connectivity index (χ0) is 43.6. The highest BCUT2D eigenvalue weighted by molar-refractivity contribution is 6.35. The summed E-state index contributed by atoms with van der Waals surface area (Å²) in [6.45, 7) is 11.2. The molecule has 9 rings (SSSR count). The van der Waals surface area contributed by atoms with Crippen LogP contribution in [0, 0.1) is 5.92 Å². The Morgan fingerprint density at radius 1 is 0.841 bits per heavy atom. The van der Waals surface area contributed by atoms with Crippen molar-refractivity contribution in [3.63, 3.8) is 0 Å². The Bertz CT molecular complexity index is 2440. The molecule has 4 fully saturated rings. The molecule has 7 heterocycles. The molecule has 3 aromatic heterocycles. The highest BCUT2D eigenvalue weighted by Gasteiger charge is 2.31. The number of methoxy groups -OCH3 is 1. The first kappa shape index (κ1) is 42.5. The maximum atomic E-state index is 13.6. The van der Waals surface area contributed by atoms with Gasteiger partial charge in [0.2, 0.25) is 5.91 Å². The van der Waals surface area contributed by atoms with Crippen LogP contribution >= 0.6 is 23.2 Å². The van der Waals surface area contributed by atoms with E-state index in [4.69, 9.17) is 37.7 Å². The molecule has 5 amide bonds. The van der Waals surface area contributed by atoms with E-state index in [1.807, 2.05) is 71.5 Å². The summed E-state index contributed by atoms with van der Waals surface area (Å²) in [7, 11) is 1.65. The van der Waals surface area contributed by atoms with Gasteiger partial charge in [-0.05, 0) is 68.1 Å². The average Bonchev–Trinajstić information content (AvgIpc) is 3.72. The predicted molar refractivity (Wildman–Crippen MR) is 243 cm³/mol. The summed E-state index contributed by atoms with van der Waals surface area (Å²) in [5.74, 6) is 2.54. The number of piperidine rings is 1. The third kappa shape index (κ3) is 9.15. The molecule has 0 spiro atoms. The number of nitrogens with zero attached hydrogens (tertiary/aromatic N) is 9. The largest absolute Gasteiger partial charge is 0.495 e. The molecule has 0 bridgehead atoms. The lowest BCUT2D eigenvalue weighted by Gasteiger charge is -2.42. The number of hydrogen-bond donors (Lipinski definition) is 2. The van der Waals surface area contributed by atoms with E-state index < -0.39 is 12.1 Å². The van der Waals surface area contributed by atoms with Gasteiger partial charge in [0.15, 0.2) is 0 Å². The molecule has 18 heteroatoms. The fourth-order valence-electron chi connectivity index (χ4n) is 9.15. The van der Waals surface area contributed by atoms with Crippen molar-refractivity contribution in [3.8, 4) is 22.8 Å². The number of carbonyl (C=O) groups is 3. The van der Waals surface area contributed by atoms with Crippen LogP contribution in [0.15, 0.2) is 67.1 Å². The Labute approximate surface area is 376 Å². The molecule has 63 heavy (non-hydrogen) atoms. The highest BCUT2D eigenvalue weighted by atomic mass is 35.5. The number of ether oxygens (including phenoxy) is 2. The Kier molecular flexibility index (Phi) is 12.5. The molecule has 2 N–H and O–H groups in total. The lowest BCUT2D eigenvalue weighted by atomic mass is 9.96. The number of aromatic amines is 1. The minimum Gasteiger partial charge on any atom is -0.495 e. The van der Waals surface area contributed by atoms with Crippen molar-refractivity contribution in [2.75, 3.05) is 100 Å². The summed E-state index contributed by atoms with van der Waals surface area (Å²) in [6, 6.07) is 15.4. The quantitative estimate of drug-likeness (QED) is 0.154. The number of rotatable bonds is 10. The standard InChI is InChI=1S/C45H51Cl2N11O5/c1-29(42-35(46)26-48-27-36(42)47)63-33-5-6-37-34(24-33)43(52-51-37)31-3-8-40(49-25-31)55-19-21-57(22-20-55)45(61)56-12-9-30(10-13-56)28-53-15-17-54(18-16-53)38-7-4-32(23-39(38)62-2)58-14-11-41(59)50-44(58)60/h3-8,23-27,29-30H,9-22,28H2,1-2H3,(H,51,52)(H,50,59,60)/t29-/m1/s1. The monoisotopic (exact) mass is 895 g/mol. The minimum absolute atomic E-state index is 0.134. The molecule has 2 aromatic carbocycles. The molecular weight excluding hydrogens is 845 g/mol. The molecular formula is C45H51Cl2N11O5. The van der Waals surface area contributed by atoms with Gasteiger partial charge in [-0.2, -0.15) is 5.10 Å². The van der Waals surface area contributed by atoms with Crippen molar-refractivity contribution < 1.29 is 23.9 Å². The van der Waals surface area contributed by atoms with Crippen molar-refractivity contribution in [1.29, 1.82) is 0 Å². The molecule has 0 aliphatic carbocycles. The number of benzene rings is 2. The number of hydrogen-bond acceptors (Lipinski definition) is 11. The van der Waals surface area contributed by atoms with E-state index in [-0.39, 0.29) is 18.4 Å². The lowest BCUT2D eigenvalue weighted by molar-refractivity contribution is -0.120. The van der Waals surface area contributed by atoms with Crippen molar-refractivity contribution in [2.24, 2.45) is 5.92 Å². The number of piperazine rings is 2. The Morgan fingerprint density at radius 2 is 1.57 bits per heavy atom. The molecule has 5 aromatic rings. The number of halogens is 2. The number of pyridine rings is 2. The number of fused-ring (bicyclic) bond motifs is 1. The fourth-order valence-corrected chi connectivity index (χ4v) is 9.82. The number of anilines is 3. The van der Waals surface area contributed by atoms with Crippen molar-refractivity contribution in [3.05, 3.63) is 82.7 Å². The fraction of sp³-hybridized carbons (Fsp3) is 0.422. The third-order valence-electron chi connectivity index (χ3n) is 12.7. The lowest BCUT2D eigenvalue weighted by Crippen LogP contribution is -2.55. The van der Waals surface area contributed by atoms with Crippen LogP contribution in [-0.4, -0.2) is 138 Å². The smallest absolute Gasteiger partial charge is 0.328 e. The van der Waals surface area contributed by atoms with Gasteiger partial charge in [-0.15, -0.1) is 0 Å². The molecule has 4 aliphatic heterocycles. The van der Waals surface area contributed by atoms with E-state index in [1.165, 1.54) is 0 Å². The van der Waals surface area contributed by atoms with E-state index >= 15 is 0 Å².